The average molecular weight is 298 g/mol. The van der Waals surface area contributed by atoms with E-state index in [1.165, 1.54) is 4.88 Å². The maximum Gasteiger partial charge on any atom is 0.387 e. The summed E-state index contributed by atoms with van der Waals surface area (Å²) in [6, 6.07) is 6.78. The van der Waals surface area contributed by atoms with Gasteiger partial charge in [-0.1, -0.05) is 12.1 Å². The van der Waals surface area contributed by atoms with Crippen molar-refractivity contribution in [3.8, 4) is 5.75 Å². The first-order chi connectivity index (χ1) is 9.54. The second-order valence-electron chi connectivity index (χ2n) is 4.43. The van der Waals surface area contributed by atoms with Gasteiger partial charge in [0.2, 0.25) is 0 Å². The predicted octanol–water partition coefficient (Wildman–Crippen LogP) is 3.90. The zero-order valence-corrected chi connectivity index (χ0v) is 12.1. The van der Waals surface area contributed by atoms with Crippen molar-refractivity contribution in [2.75, 3.05) is 0 Å². The van der Waals surface area contributed by atoms with Gasteiger partial charge in [0.05, 0.1) is 6.04 Å². The Morgan fingerprint density at radius 1 is 1.30 bits per heavy atom. The van der Waals surface area contributed by atoms with Crippen LogP contribution >= 0.6 is 11.3 Å². The molecule has 0 saturated heterocycles. The summed E-state index contributed by atoms with van der Waals surface area (Å²) in [7, 11) is 0. The summed E-state index contributed by atoms with van der Waals surface area (Å²) in [6.07, 6.45) is 1.86. The van der Waals surface area contributed by atoms with Gasteiger partial charge in [-0.25, -0.2) is 4.98 Å². The van der Waals surface area contributed by atoms with Gasteiger partial charge in [-0.05, 0) is 31.5 Å². The summed E-state index contributed by atoms with van der Waals surface area (Å²) in [6.45, 7) is 1.93. The SMILES string of the molecule is Cc1cnc(C(C)NCc2ccc(OC(F)F)cc2)s1. The Morgan fingerprint density at radius 2 is 2.00 bits per heavy atom. The molecule has 0 spiro atoms. The molecule has 3 nitrogen and oxygen atoms in total. The van der Waals surface area contributed by atoms with Gasteiger partial charge in [0.25, 0.3) is 0 Å². The van der Waals surface area contributed by atoms with Crippen LogP contribution in [0.15, 0.2) is 30.5 Å². The molecule has 1 atom stereocenters. The third-order valence-electron chi connectivity index (χ3n) is 2.77. The molecule has 0 bridgehead atoms. The van der Waals surface area contributed by atoms with Crippen molar-refractivity contribution in [1.82, 2.24) is 10.3 Å². The van der Waals surface area contributed by atoms with Gasteiger partial charge in [0.15, 0.2) is 0 Å². The summed E-state index contributed by atoms with van der Waals surface area (Å²) in [5.74, 6) is 0.173. The van der Waals surface area contributed by atoms with Crippen LogP contribution in [0.2, 0.25) is 0 Å². The minimum atomic E-state index is -2.79. The van der Waals surface area contributed by atoms with Crippen molar-refractivity contribution in [2.24, 2.45) is 0 Å². The Hall–Kier alpha value is -1.53. The highest BCUT2D eigenvalue weighted by Gasteiger charge is 2.09. The summed E-state index contributed by atoms with van der Waals surface area (Å²) in [5.41, 5.74) is 1.01. The zero-order valence-electron chi connectivity index (χ0n) is 11.3. The molecular formula is C14H16F2N2OS. The molecule has 1 unspecified atom stereocenters. The van der Waals surface area contributed by atoms with Crippen LogP contribution < -0.4 is 10.1 Å². The summed E-state index contributed by atoms with van der Waals surface area (Å²) in [4.78, 5) is 5.51. The molecule has 0 aliphatic carbocycles. The number of rotatable bonds is 6. The van der Waals surface area contributed by atoms with E-state index in [1.54, 1.807) is 35.6 Å². The van der Waals surface area contributed by atoms with Crippen LogP contribution in [-0.2, 0) is 6.54 Å². The van der Waals surface area contributed by atoms with Crippen molar-refractivity contribution in [2.45, 2.75) is 33.0 Å². The molecule has 108 valence electrons. The van der Waals surface area contributed by atoms with E-state index >= 15 is 0 Å². The molecule has 0 aliphatic heterocycles. The Balaban J connectivity index is 1.87. The van der Waals surface area contributed by atoms with Crippen molar-refractivity contribution in [1.29, 1.82) is 0 Å². The average Bonchev–Trinajstić information content (AvgIpc) is 2.84. The number of aromatic nitrogens is 1. The highest BCUT2D eigenvalue weighted by Crippen LogP contribution is 2.20. The lowest BCUT2D eigenvalue weighted by molar-refractivity contribution is -0.0498. The quantitative estimate of drug-likeness (QED) is 0.878. The van der Waals surface area contributed by atoms with Crippen molar-refractivity contribution in [3.63, 3.8) is 0 Å². The number of thiazole rings is 1. The van der Waals surface area contributed by atoms with E-state index in [9.17, 15) is 8.78 Å². The van der Waals surface area contributed by atoms with Crippen LogP contribution in [-0.4, -0.2) is 11.6 Å². The number of ether oxygens (including phenoxy) is 1. The van der Waals surface area contributed by atoms with E-state index in [-0.39, 0.29) is 11.8 Å². The van der Waals surface area contributed by atoms with Gasteiger partial charge in [-0.2, -0.15) is 8.78 Å². The molecule has 1 heterocycles. The van der Waals surface area contributed by atoms with Gasteiger partial charge in [-0.3, -0.25) is 0 Å². The van der Waals surface area contributed by atoms with Crippen molar-refractivity contribution < 1.29 is 13.5 Å². The monoisotopic (exact) mass is 298 g/mol. The number of halogens is 2. The molecule has 2 aromatic rings. The van der Waals surface area contributed by atoms with Crippen LogP contribution in [0.25, 0.3) is 0 Å². The number of nitrogens with zero attached hydrogens (tertiary/aromatic N) is 1. The smallest absolute Gasteiger partial charge is 0.387 e. The van der Waals surface area contributed by atoms with E-state index in [1.807, 2.05) is 20.0 Å². The molecule has 0 fully saturated rings. The van der Waals surface area contributed by atoms with E-state index in [0.717, 1.165) is 10.6 Å². The molecule has 1 N–H and O–H groups in total. The fraction of sp³-hybridized carbons (Fsp3) is 0.357. The number of hydrogen-bond donors (Lipinski definition) is 1. The van der Waals surface area contributed by atoms with E-state index < -0.39 is 6.61 Å². The minimum Gasteiger partial charge on any atom is -0.435 e. The normalized spacial score (nSPS) is 12.7. The van der Waals surface area contributed by atoms with E-state index in [2.05, 4.69) is 15.0 Å². The van der Waals surface area contributed by atoms with Gasteiger partial charge in [-0.15, -0.1) is 11.3 Å². The van der Waals surface area contributed by atoms with E-state index in [4.69, 9.17) is 0 Å². The van der Waals surface area contributed by atoms with Crippen LogP contribution in [0, 0.1) is 6.92 Å². The van der Waals surface area contributed by atoms with Crippen LogP contribution in [0.4, 0.5) is 8.78 Å². The second kappa shape index (κ2) is 6.76. The molecule has 0 aliphatic rings. The molecule has 0 saturated carbocycles. The molecule has 0 radical (unpaired) electrons. The minimum absolute atomic E-state index is 0.158. The number of alkyl halides is 2. The molecule has 0 amide bonds. The third-order valence-corrected chi connectivity index (χ3v) is 3.87. The molecule has 6 heteroatoms. The molecule has 1 aromatic heterocycles. The Bertz CT molecular complexity index is 542. The lowest BCUT2D eigenvalue weighted by atomic mass is 10.2. The van der Waals surface area contributed by atoms with Crippen LogP contribution in [0.1, 0.15) is 28.4 Å². The van der Waals surface area contributed by atoms with E-state index in [0.29, 0.717) is 6.54 Å². The summed E-state index contributed by atoms with van der Waals surface area (Å²) < 4.78 is 28.4. The highest BCUT2D eigenvalue weighted by atomic mass is 32.1. The third kappa shape index (κ3) is 4.25. The molecular weight excluding hydrogens is 282 g/mol. The highest BCUT2D eigenvalue weighted by molar-refractivity contribution is 7.11. The fourth-order valence-corrected chi connectivity index (χ4v) is 2.52. The summed E-state index contributed by atoms with van der Waals surface area (Å²) >= 11 is 1.66. The predicted molar refractivity (Wildman–Crippen MR) is 75.2 cm³/mol. The van der Waals surface area contributed by atoms with Gasteiger partial charge >= 0.3 is 6.61 Å². The molecule has 20 heavy (non-hydrogen) atoms. The van der Waals surface area contributed by atoms with Crippen molar-refractivity contribution >= 4 is 11.3 Å². The number of aryl methyl sites for hydroxylation is 1. The second-order valence-corrected chi connectivity index (χ2v) is 5.70. The Kier molecular flexibility index (Phi) is 5.03. The van der Waals surface area contributed by atoms with Gasteiger partial charge in [0, 0.05) is 17.6 Å². The Morgan fingerprint density at radius 3 is 2.55 bits per heavy atom. The van der Waals surface area contributed by atoms with Crippen LogP contribution in [0.3, 0.4) is 0 Å². The maximum atomic E-state index is 12.0. The van der Waals surface area contributed by atoms with Crippen molar-refractivity contribution in [3.05, 3.63) is 45.9 Å². The lowest BCUT2D eigenvalue weighted by Gasteiger charge is -2.11. The largest absolute Gasteiger partial charge is 0.435 e. The fourth-order valence-electron chi connectivity index (χ4n) is 1.72. The summed E-state index contributed by atoms with van der Waals surface area (Å²) in [5, 5.41) is 4.39. The first-order valence-electron chi connectivity index (χ1n) is 6.24. The van der Waals surface area contributed by atoms with Crippen LogP contribution in [0.5, 0.6) is 5.75 Å². The number of nitrogens with one attached hydrogen (secondary N) is 1. The zero-order chi connectivity index (χ0) is 14.5. The van der Waals surface area contributed by atoms with Gasteiger partial charge < -0.3 is 10.1 Å². The maximum absolute atomic E-state index is 12.0. The first-order valence-corrected chi connectivity index (χ1v) is 7.05. The lowest BCUT2D eigenvalue weighted by Crippen LogP contribution is -2.17. The number of benzene rings is 1. The first kappa shape index (κ1) is 14.9. The van der Waals surface area contributed by atoms with Gasteiger partial charge in [0.1, 0.15) is 10.8 Å². The molecule has 1 aromatic carbocycles. The topological polar surface area (TPSA) is 34.2 Å². The Labute approximate surface area is 120 Å². The molecule has 2 rings (SSSR count). The standard InChI is InChI=1S/C14H16F2N2OS/c1-9-7-18-13(20-9)10(2)17-8-11-3-5-12(6-4-11)19-14(15)16/h3-7,10,14,17H,8H2,1-2H3. The number of hydrogen-bond acceptors (Lipinski definition) is 4.